The minimum Gasteiger partial charge on any atom is -0.337 e. The summed E-state index contributed by atoms with van der Waals surface area (Å²) < 4.78 is 6.05. The Morgan fingerprint density at radius 1 is 1.52 bits per heavy atom. The summed E-state index contributed by atoms with van der Waals surface area (Å²) in [6.07, 6.45) is 1.04. The van der Waals surface area contributed by atoms with Crippen LogP contribution in [-0.2, 0) is 6.54 Å². The van der Waals surface area contributed by atoms with Crippen LogP contribution in [-0.4, -0.2) is 19.6 Å². The summed E-state index contributed by atoms with van der Waals surface area (Å²) in [4.78, 5) is 26.4. The standard InChI is InChI=1S/C13H7N5O4S/c14-4-9-3-10(18(20)21)5-17(13(9)19)6-11-15-12(16-22-11)8-1-2-23-7-8/h1-3,5,7H,6H2. The van der Waals surface area contributed by atoms with Crippen LogP contribution in [0.2, 0.25) is 0 Å². The third-order valence-electron chi connectivity index (χ3n) is 2.96. The molecule has 0 radical (unpaired) electrons. The van der Waals surface area contributed by atoms with Crippen molar-refractivity contribution in [1.29, 1.82) is 5.26 Å². The van der Waals surface area contributed by atoms with E-state index >= 15 is 0 Å². The quantitative estimate of drug-likeness (QED) is 0.527. The third kappa shape index (κ3) is 2.85. The molecule has 0 N–H and O–H groups in total. The molecule has 0 aromatic carbocycles. The first-order chi connectivity index (χ1) is 11.1. The fourth-order valence-electron chi connectivity index (χ4n) is 1.89. The Morgan fingerprint density at radius 3 is 3.00 bits per heavy atom. The number of aromatic nitrogens is 3. The van der Waals surface area contributed by atoms with Gasteiger partial charge in [-0.05, 0) is 11.4 Å². The fraction of sp³-hybridized carbons (Fsp3) is 0.0769. The average molecular weight is 329 g/mol. The number of nitro groups is 1. The molecule has 0 atom stereocenters. The van der Waals surface area contributed by atoms with Crippen molar-refractivity contribution in [3.05, 3.63) is 61.0 Å². The zero-order valence-corrected chi connectivity index (χ0v) is 12.2. The van der Waals surface area contributed by atoms with E-state index in [1.165, 1.54) is 11.3 Å². The highest BCUT2D eigenvalue weighted by Gasteiger charge is 2.16. The average Bonchev–Trinajstić information content (AvgIpc) is 3.20. The van der Waals surface area contributed by atoms with Gasteiger partial charge in [-0.15, -0.1) is 0 Å². The molecule has 3 aromatic rings. The molecule has 0 aliphatic heterocycles. The second-order valence-electron chi connectivity index (χ2n) is 4.44. The number of nitrogens with zero attached hydrogens (tertiary/aromatic N) is 5. The van der Waals surface area contributed by atoms with Gasteiger partial charge in [-0.3, -0.25) is 19.5 Å². The van der Waals surface area contributed by atoms with E-state index < -0.39 is 10.5 Å². The first-order valence-electron chi connectivity index (χ1n) is 6.22. The summed E-state index contributed by atoms with van der Waals surface area (Å²) in [5.74, 6) is 0.470. The zero-order valence-electron chi connectivity index (χ0n) is 11.4. The van der Waals surface area contributed by atoms with Gasteiger partial charge < -0.3 is 4.52 Å². The van der Waals surface area contributed by atoms with E-state index in [0.29, 0.717) is 5.82 Å². The Hall–Kier alpha value is -3.32. The minimum atomic E-state index is -0.679. The van der Waals surface area contributed by atoms with Crippen molar-refractivity contribution in [2.24, 2.45) is 0 Å². The number of hydrogen-bond donors (Lipinski definition) is 0. The number of nitriles is 1. The predicted octanol–water partition coefficient (Wildman–Crippen LogP) is 1.79. The summed E-state index contributed by atoms with van der Waals surface area (Å²) >= 11 is 1.47. The van der Waals surface area contributed by atoms with Crippen LogP contribution in [0.25, 0.3) is 11.4 Å². The van der Waals surface area contributed by atoms with Crippen LogP contribution in [0.3, 0.4) is 0 Å². The Morgan fingerprint density at radius 2 is 2.35 bits per heavy atom. The van der Waals surface area contributed by atoms with Crippen molar-refractivity contribution in [2.75, 3.05) is 0 Å². The summed E-state index contributed by atoms with van der Waals surface area (Å²) in [7, 11) is 0. The number of thiophene rings is 1. The van der Waals surface area contributed by atoms with Crippen molar-refractivity contribution in [1.82, 2.24) is 14.7 Å². The summed E-state index contributed by atoms with van der Waals surface area (Å²) in [5, 5.41) is 27.3. The molecule has 9 nitrogen and oxygen atoms in total. The predicted molar refractivity (Wildman–Crippen MR) is 78.8 cm³/mol. The van der Waals surface area contributed by atoms with Gasteiger partial charge in [0.1, 0.15) is 18.2 Å². The topological polar surface area (TPSA) is 128 Å². The van der Waals surface area contributed by atoms with Gasteiger partial charge in [0, 0.05) is 17.0 Å². The van der Waals surface area contributed by atoms with Crippen molar-refractivity contribution in [3.8, 4) is 17.5 Å². The number of hydrogen-bond acceptors (Lipinski definition) is 8. The molecule has 0 aliphatic carbocycles. The molecule has 23 heavy (non-hydrogen) atoms. The van der Waals surface area contributed by atoms with Crippen molar-refractivity contribution >= 4 is 17.0 Å². The lowest BCUT2D eigenvalue weighted by Crippen LogP contribution is -2.23. The lowest BCUT2D eigenvalue weighted by molar-refractivity contribution is -0.385. The second kappa shape index (κ2) is 5.82. The van der Waals surface area contributed by atoms with Crippen molar-refractivity contribution < 1.29 is 9.45 Å². The van der Waals surface area contributed by atoms with Gasteiger partial charge >= 0.3 is 0 Å². The molecule has 3 aromatic heterocycles. The van der Waals surface area contributed by atoms with Crippen LogP contribution in [0.15, 0.2) is 38.4 Å². The Kier molecular flexibility index (Phi) is 3.70. The molecule has 0 unspecified atom stereocenters. The van der Waals surface area contributed by atoms with E-state index in [9.17, 15) is 14.9 Å². The highest BCUT2D eigenvalue weighted by Crippen LogP contribution is 2.19. The SMILES string of the molecule is N#Cc1cc([N+](=O)[O-])cn(Cc2nc(-c3ccsc3)no2)c1=O. The Bertz CT molecular complexity index is 967. The molecule has 0 amide bonds. The molecule has 3 rings (SSSR count). The Labute approximate surface area is 132 Å². The largest absolute Gasteiger partial charge is 0.337 e. The number of pyridine rings is 1. The maximum atomic E-state index is 12.0. The molecule has 0 saturated heterocycles. The summed E-state index contributed by atoms with van der Waals surface area (Å²) in [6.45, 7) is -0.160. The van der Waals surface area contributed by atoms with Crippen LogP contribution in [0.5, 0.6) is 0 Å². The van der Waals surface area contributed by atoms with Gasteiger partial charge in [-0.2, -0.15) is 21.6 Å². The number of rotatable bonds is 4. The zero-order chi connectivity index (χ0) is 16.4. The molecule has 0 aliphatic rings. The van der Waals surface area contributed by atoms with E-state index in [2.05, 4.69) is 10.1 Å². The molecule has 3 heterocycles. The van der Waals surface area contributed by atoms with E-state index in [1.54, 1.807) is 6.07 Å². The van der Waals surface area contributed by atoms with Crippen molar-refractivity contribution in [2.45, 2.75) is 6.54 Å². The van der Waals surface area contributed by atoms with Crippen molar-refractivity contribution in [3.63, 3.8) is 0 Å². The molecule has 0 saturated carbocycles. The first kappa shape index (κ1) is 14.6. The van der Waals surface area contributed by atoms with E-state index in [0.717, 1.165) is 22.4 Å². The Balaban J connectivity index is 1.97. The summed E-state index contributed by atoms with van der Waals surface area (Å²) in [5.41, 5.74) is -0.571. The minimum absolute atomic E-state index is 0.109. The molecular formula is C13H7N5O4S. The van der Waals surface area contributed by atoms with E-state index in [-0.39, 0.29) is 23.7 Å². The van der Waals surface area contributed by atoms with Crippen LogP contribution in [0.1, 0.15) is 11.5 Å². The monoisotopic (exact) mass is 329 g/mol. The van der Waals surface area contributed by atoms with Gasteiger partial charge in [-0.25, -0.2) is 0 Å². The molecule has 10 heteroatoms. The van der Waals surface area contributed by atoms with E-state index in [1.807, 2.05) is 16.8 Å². The first-order valence-corrected chi connectivity index (χ1v) is 7.17. The lowest BCUT2D eigenvalue weighted by Gasteiger charge is -2.02. The van der Waals surface area contributed by atoms with Gasteiger partial charge in [0.05, 0.1) is 11.1 Å². The summed E-state index contributed by atoms with van der Waals surface area (Å²) in [6, 6.07) is 4.39. The maximum absolute atomic E-state index is 12.0. The normalized spacial score (nSPS) is 10.4. The van der Waals surface area contributed by atoms with Gasteiger partial charge in [-0.1, -0.05) is 5.16 Å². The van der Waals surface area contributed by atoms with Crippen LogP contribution < -0.4 is 5.56 Å². The van der Waals surface area contributed by atoms with Gasteiger partial charge in [0.2, 0.25) is 11.7 Å². The van der Waals surface area contributed by atoms with Crippen LogP contribution >= 0.6 is 11.3 Å². The maximum Gasteiger partial charge on any atom is 0.287 e. The molecule has 0 spiro atoms. The highest BCUT2D eigenvalue weighted by atomic mass is 32.1. The fourth-order valence-corrected chi connectivity index (χ4v) is 2.53. The molecule has 114 valence electrons. The highest BCUT2D eigenvalue weighted by molar-refractivity contribution is 7.08. The smallest absolute Gasteiger partial charge is 0.287 e. The third-order valence-corrected chi connectivity index (χ3v) is 3.64. The van der Waals surface area contributed by atoms with Crippen LogP contribution in [0.4, 0.5) is 5.69 Å². The van der Waals surface area contributed by atoms with Gasteiger partial charge in [0.15, 0.2) is 0 Å². The molecular weight excluding hydrogens is 322 g/mol. The van der Waals surface area contributed by atoms with E-state index in [4.69, 9.17) is 9.78 Å². The lowest BCUT2D eigenvalue weighted by atomic mass is 10.2. The second-order valence-corrected chi connectivity index (χ2v) is 5.22. The molecule has 0 fully saturated rings. The molecule has 0 bridgehead atoms. The van der Waals surface area contributed by atoms with Gasteiger partial charge in [0.25, 0.3) is 11.2 Å². The van der Waals surface area contributed by atoms with Crippen LogP contribution in [0, 0.1) is 21.4 Å².